The second kappa shape index (κ2) is 8.40. The first-order valence-electron chi connectivity index (χ1n) is 9.22. The van der Waals surface area contributed by atoms with Gasteiger partial charge < -0.3 is 9.15 Å². The average molecular weight is 382 g/mol. The predicted octanol–water partition coefficient (Wildman–Crippen LogP) is 5.33. The molecule has 0 saturated heterocycles. The SMILES string of the molecule is O=C(OCc1ccccc1)c1coc(-c2ccccc2)c(-c2ccccc2)c1=O. The van der Waals surface area contributed by atoms with Gasteiger partial charge in [0.05, 0.1) is 5.56 Å². The molecule has 0 spiro atoms. The lowest BCUT2D eigenvalue weighted by Gasteiger charge is -2.10. The molecule has 0 saturated carbocycles. The zero-order valence-electron chi connectivity index (χ0n) is 15.6. The lowest BCUT2D eigenvalue weighted by atomic mass is 9.98. The predicted molar refractivity (Wildman–Crippen MR) is 111 cm³/mol. The highest BCUT2D eigenvalue weighted by atomic mass is 16.5. The summed E-state index contributed by atoms with van der Waals surface area (Å²) in [5.41, 5.74) is 2.07. The Morgan fingerprint density at radius 2 is 1.31 bits per heavy atom. The molecular weight excluding hydrogens is 364 g/mol. The van der Waals surface area contributed by atoms with Crippen molar-refractivity contribution >= 4 is 5.97 Å². The second-order valence-corrected chi connectivity index (χ2v) is 6.48. The van der Waals surface area contributed by atoms with E-state index in [0.29, 0.717) is 16.9 Å². The number of ether oxygens (including phenoxy) is 1. The topological polar surface area (TPSA) is 56.5 Å². The Labute approximate surface area is 168 Å². The summed E-state index contributed by atoms with van der Waals surface area (Å²) in [5, 5.41) is 0. The molecule has 29 heavy (non-hydrogen) atoms. The Kier molecular flexibility index (Phi) is 5.34. The molecule has 4 heteroatoms. The molecule has 0 bridgehead atoms. The highest BCUT2D eigenvalue weighted by Crippen LogP contribution is 2.30. The number of carbonyl (C=O) groups is 1. The average Bonchev–Trinajstić information content (AvgIpc) is 2.79. The highest BCUT2D eigenvalue weighted by molar-refractivity contribution is 5.92. The van der Waals surface area contributed by atoms with Crippen molar-refractivity contribution in [3.63, 3.8) is 0 Å². The molecule has 1 aromatic heterocycles. The van der Waals surface area contributed by atoms with Gasteiger partial charge in [0.1, 0.15) is 24.2 Å². The van der Waals surface area contributed by atoms with Gasteiger partial charge in [-0.15, -0.1) is 0 Å². The number of benzene rings is 3. The summed E-state index contributed by atoms with van der Waals surface area (Å²) in [4.78, 5) is 25.8. The van der Waals surface area contributed by atoms with Gasteiger partial charge in [0.25, 0.3) is 0 Å². The van der Waals surface area contributed by atoms with E-state index in [0.717, 1.165) is 11.1 Å². The van der Waals surface area contributed by atoms with Crippen LogP contribution in [0.3, 0.4) is 0 Å². The monoisotopic (exact) mass is 382 g/mol. The summed E-state index contributed by atoms with van der Waals surface area (Å²) in [5.74, 6) is -0.291. The number of hydrogen-bond acceptors (Lipinski definition) is 4. The van der Waals surface area contributed by atoms with Crippen LogP contribution >= 0.6 is 0 Å². The van der Waals surface area contributed by atoms with Crippen LogP contribution < -0.4 is 5.43 Å². The molecule has 0 aliphatic heterocycles. The molecule has 0 unspecified atom stereocenters. The van der Waals surface area contributed by atoms with E-state index in [2.05, 4.69) is 0 Å². The summed E-state index contributed by atoms with van der Waals surface area (Å²) in [7, 11) is 0. The summed E-state index contributed by atoms with van der Waals surface area (Å²) < 4.78 is 11.1. The number of rotatable bonds is 5. The van der Waals surface area contributed by atoms with Crippen LogP contribution in [0, 0.1) is 0 Å². The first kappa shape index (κ1) is 18.4. The van der Waals surface area contributed by atoms with Gasteiger partial charge in [0, 0.05) is 5.56 Å². The molecule has 0 radical (unpaired) electrons. The molecule has 1 heterocycles. The maximum absolute atomic E-state index is 13.3. The molecule has 3 aromatic carbocycles. The minimum Gasteiger partial charge on any atom is -0.463 e. The molecule has 0 atom stereocenters. The Morgan fingerprint density at radius 3 is 1.93 bits per heavy atom. The number of esters is 1. The van der Waals surface area contributed by atoms with Crippen LogP contribution in [0.4, 0.5) is 0 Å². The minimum absolute atomic E-state index is 0.0836. The van der Waals surface area contributed by atoms with Crippen molar-refractivity contribution in [2.24, 2.45) is 0 Å². The van der Waals surface area contributed by atoms with Gasteiger partial charge in [-0.25, -0.2) is 4.79 Å². The molecule has 0 N–H and O–H groups in total. The normalized spacial score (nSPS) is 10.5. The van der Waals surface area contributed by atoms with Gasteiger partial charge >= 0.3 is 5.97 Å². The van der Waals surface area contributed by atoms with Crippen LogP contribution in [0.25, 0.3) is 22.5 Å². The largest absolute Gasteiger partial charge is 0.463 e. The van der Waals surface area contributed by atoms with E-state index in [-0.39, 0.29) is 12.2 Å². The summed E-state index contributed by atoms with van der Waals surface area (Å²) in [6.45, 7) is 0.0836. The molecule has 4 rings (SSSR count). The van der Waals surface area contributed by atoms with Crippen molar-refractivity contribution < 1.29 is 13.9 Å². The lowest BCUT2D eigenvalue weighted by molar-refractivity contribution is 0.0468. The quantitative estimate of drug-likeness (QED) is 0.438. The third-order valence-corrected chi connectivity index (χ3v) is 4.52. The van der Waals surface area contributed by atoms with Gasteiger partial charge in [0.15, 0.2) is 0 Å². The van der Waals surface area contributed by atoms with Crippen LogP contribution in [0.1, 0.15) is 15.9 Å². The Bertz CT molecular complexity index is 1160. The first-order valence-corrected chi connectivity index (χ1v) is 9.22. The van der Waals surface area contributed by atoms with Crippen LogP contribution in [-0.4, -0.2) is 5.97 Å². The van der Waals surface area contributed by atoms with E-state index in [1.165, 1.54) is 6.26 Å². The zero-order valence-corrected chi connectivity index (χ0v) is 15.6. The fourth-order valence-electron chi connectivity index (χ4n) is 3.08. The van der Waals surface area contributed by atoms with Crippen molar-refractivity contribution in [1.29, 1.82) is 0 Å². The van der Waals surface area contributed by atoms with Crippen LogP contribution in [0.5, 0.6) is 0 Å². The fraction of sp³-hybridized carbons (Fsp3) is 0.0400. The van der Waals surface area contributed by atoms with Crippen LogP contribution in [-0.2, 0) is 11.3 Å². The van der Waals surface area contributed by atoms with Gasteiger partial charge in [-0.05, 0) is 11.1 Å². The van der Waals surface area contributed by atoms with E-state index >= 15 is 0 Å². The third kappa shape index (κ3) is 4.01. The highest BCUT2D eigenvalue weighted by Gasteiger charge is 2.22. The Balaban J connectivity index is 1.75. The van der Waals surface area contributed by atoms with E-state index < -0.39 is 11.4 Å². The Morgan fingerprint density at radius 1 is 0.759 bits per heavy atom. The summed E-state index contributed by atoms with van der Waals surface area (Å²) in [6.07, 6.45) is 1.18. The fourth-order valence-corrected chi connectivity index (χ4v) is 3.08. The molecule has 142 valence electrons. The standard InChI is InChI=1S/C25H18O4/c26-23-21(25(27)29-16-18-10-4-1-5-11-18)17-28-24(20-14-8-3-9-15-20)22(23)19-12-6-2-7-13-19/h1-15,17H,16H2. The van der Waals surface area contributed by atoms with E-state index in [9.17, 15) is 9.59 Å². The van der Waals surface area contributed by atoms with Gasteiger partial charge in [-0.1, -0.05) is 91.0 Å². The molecule has 0 fully saturated rings. The zero-order chi connectivity index (χ0) is 20.1. The molecular formula is C25H18O4. The molecule has 4 nitrogen and oxygen atoms in total. The second-order valence-electron chi connectivity index (χ2n) is 6.48. The van der Waals surface area contributed by atoms with Crippen molar-refractivity contribution in [3.05, 3.63) is 119 Å². The smallest absolute Gasteiger partial charge is 0.345 e. The van der Waals surface area contributed by atoms with E-state index in [1.54, 1.807) is 0 Å². The van der Waals surface area contributed by atoms with Gasteiger partial charge in [-0.2, -0.15) is 0 Å². The van der Waals surface area contributed by atoms with Crippen molar-refractivity contribution in [2.45, 2.75) is 6.61 Å². The summed E-state index contributed by atoms with van der Waals surface area (Å²) >= 11 is 0. The molecule has 0 aliphatic carbocycles. The molecule has 0 amide bonds. The third-order valence-electron chi connectivity index (χ3n) is 4.52. The number of carbonyl (C=O) groups excluding carboxylic acids is 1. The maximum Gasteiger partial charge on any atom is 0.345 e. The Hall–Kier alpha value is -3.92. The van der Waals surface area contributed by atoms with E-state index in [1.807, 2.05) is 91.0 Å². The first-order chi connectivity index (χ1) is 14.2. The minimum atomic E-state index is -0.709. The van der Waals surface area contributed by atoms with Crippen LogP contribution in [0.15, 0.2) is 106 Å². The van der Waals surface area contributed by atoms with Crippen molar-refractivity contribution in [3.8, 4) is 22.5 Å². The van der Waals surface area contributed by atoms with Crippen molar-refractivity contribution in [2.75, 3.05) is 0 Å². The molecule has 0 aliphatic rings. The van der Waals surface area contributed by atoms with E-state index in [4.69, 9.17) is 9.15 Å². The van der Waals surface area contributed by atoms with Crippen molar-refractivity contribution in [1.82, 2.24) is 0 Å². The van der Waals surface area contributed by atoms with Gasteiger partial charge in [-0.3, -0.25) is 4.79 Å². The van der Waals surface area contributed by atoms with Gasteiger partial charge in [0.2, 0.25) is 5.43 Å². The lowest BCUT2D eigenvalue weighted by Crippen LogP contribution is -2.19. The van der Waals surface area contributed by atoms with Crippen LogP contribution in [0.2, 0.25) is 0 Å². The number of hydrogen-bond donors (Lipinski definition) is 0. The maximum atomic E-state index is 13.3. The molecule has 4 aromatic rings. The summed E-state index contributed by atoms with van der Waals surface area (Å²) in [6, 6.07) is 27.8.